The number of ether oxygens (including phenoxy) is 3. The third-order valence-corrected chi connectivity index (χ3v) is 4.02. The second-order valence-electron chi connectivity index (χ2n) is 5.74. The molecule has 7 nitrogen and oxygen atoms in total. The normalized spacial score (nSPS) is 13.5. The van der Waals surface area contributed by atoms with Gasteiger partial charge >= 0.3 is 0 Å². The molecule has 0 saturated carbocycles. The Morgan fingerprint density at radius 1 is 0.821 bits per heavy atom. The maximum absolute atomic E-state index is 11.8. The largest absolute Gasteiger partial charge is 0.497 e. The minimum Gasteiger partial charge on any atom is -0.497 e. The van der Waals surface area contributed by atoms with E-state index in [1.165, 1.54) is 6.08 Å². The van der Waals surface area contributed by atoms with Gasteiger partial charge in [-0.25, -0.2) is 0 Å². The van der Waals surface area contributed by atoms with Crippen LogP contribution in [-0.2, 0) is 9.59 Å². The van der Waals surface area contributed by atoms with Crippen molar-refractivity contribution in [3.8, 4) is 17.2 Å². The van der Waals surface area contributed by atoms with Crippen LogP contribution in [0.5, 0.6) is 17.2 Å². The van der Waals surface area contributed by atoms with Crippen molar-refractivity contribution in [3.63, 3.8) is 0 Å². The third kappa shape index (κ3) is 5.08. The quantitative estimate of drug-likeness (QED) is 0.321. The fraction of sp³-hybridized carbons (Fsp3) is 0.150. The third-order valence-electron chi connectivity index (χ3n) is 3.81. The Morgan fingerprint density at radius 2 is 1.29 bits per heavy atom. The Morgan fingerprint density at radius 3 is 1.79 bits per heavy atom. The molecule has 0 spiro atoms. The highest BCUT2D eigenvalue weighted by Crippen LogP contribution is 2.18. The summed E-state index contributed by atoms with van der Waals surface area (Å²) in [6.07, 6.45) is 1.49. The standard InChI is InChI=1S/C20H18N2O5S/c1-25-14-6-8-16(9-7-14)27-11-10-26-15-4-2-13(3-5-15)12-17-18(23)21-20(28)22-19(17)24/h2-9,12H,10-11H2,1H3,(H2,21,22,23,24,28). The van der Waals surface area contributed by atoms with Crippen LogP contribution in [-0.4, -0.2) is 37.3 Å². The Labute approximate surface area is 167 Å². The van der Waals surface area contributed by atoms with E-state index in [1.54, 1.807) is 31.4 Å². The summed E-state index contributed by atoms with van der Waals surface area (Å²) in [5.41, 5.74) is 0.685. The molecule has 2 aromatic carbocycles. The lowest BCUT2D eigenvalue weighted by Gasteiger charge is -2.16. The Kier molecular flexibility index (Phi) is 6.23. The molecule has 0 aromatic heterocycles. The summed E-state index contributed by atoms with van der Waals surface area (Å²) in [7, 11) is 1.61. The average Bonchev–Trinajstić information content (AvgIpc) is 2.69. The van der Waals surface area contributed by atoms with E-state index in [9.17, 15) is 9.59 Å². The molecule has 1 aliphatic rings. The predicted octanol–water partition coefficient (Wildman–Crippen LogP) is 2.07. The summed E-state index contributed by atoms with van der Waals surface area (Å²) in [6, 6.07) is 14.3. The molecule has 3 rings (SSSR count). The summed E-state index contributed by atoms with van der Waals surface area (Å²) < 4.78 is 16.3. The van der Waals surface area contributed by atoms with Crippen molar-refractivity contribution in [2.24, 2.45) is 0 Å². The van der Waals surface area contributed by atoms with Gasteiger partial charge in [0.05, 0.1) is 7.11 Å². The van der Waals surface area contributed by atoms with Crippen molar-refractivity contribution in [1.29, 1.82) is 0 Å². The van der Waals surface area contributed by atoms with Crippen LogP contribution in [0, 0.1) is 0 Å². The SMILES string of the molecule is COc1ccc(OCCOc2ccc(C=C3C(=O)NC(=S)NC3=O)cc2)cc1. The minimum atomic E-state index is -0.523. The van der Waals surface area contributed by atoms with Crippen LogP contribution in [0.15, 0.2) is 54.1 Å². The first-order valence-electron chi connectivity index (χ1n) is 8.43. The van der Waals surface area contributed by atoms with E-state index in [-0.39, 0.29) is 10.7 Å². The number of amides is 2. The van der Waals surface area contributed by atoms with Gasteiger partial charge in [0.25, 0.3) is 11.8 Å². The molecular formula is C20H18N2O5S. The monoisotopic (exact) mass is 398 g/mol. The first kappa shape index (κ1) is 19.4. The second-order valence-corrected chi connectivity index (χ2v) is 6.15. The summed E-state index contributed by atoms with van der Waals surface area (Å²) in [6.45, 7) is 0.757. The zero-order valence-corrected chi connectivity index (χ0v) is 15.9. The molecule has 2 amide bonds. The molecule has 0 radical (unpaired) electrons. The van der Waals surface area contributed by atoms with Gasteiger partial charge in [-0.05, 0) is 60.3 Å². The van der Waals surface area contributed by atoms with E-state index in [0.717, 1.165) is 11.5 Å². The van der Waals surface area contributed by atoms with Crippen molar-refractivity contribution in [1.82, 2.24) is 10.6 Å². The zero-order chi connectivity index (χ0) is 19.9. The number of carbonyl (C=O) groups is 2. The van der Waals surface area contributed by atoms with E-state index >= 15 is 0 Å². The molecule has 144 valence electrons. The molecule has 28 heavy (non-hydrogen) atoms. The van der Waals surface area contributed by atoms with Gasteiger partial charge in [0, 0.05) is 0 Å². The number of methoxy groups -OCH3 is 1. The average molecular weight is 398 g/mol. The number of hydrogen-bond acceptors (Lipinski definition) is 6. The van der Waals surface area contributed by atoms with Gasteiger partial charge in [-0.2, -0.15) is 0 Å². The first-order valence-corrected chi connectivity index (χ1v) is 8.84. The van der Waals surface area contributed by atoms with Crippen LogP contribution < -0.4 is 24.8 Å². The number of benzene rings is 2. The van der Waals surface area contributed by atoms with E-state index in [4.69, 9.17) is 26.4 Å². The van der Waals surface area contributed by atoms with Crippen LogP contribution >= 0.6 is 12.2 Å². The molecule has 1 saturated heterocycles. The topological polar surface area (TPSA) is 85.9 Å². The van der Waals surface area contributed by atoms with Crippen molar-refractivity contribution in [2.75, 3.05) is 20.3 Å². The molecule has 1 aliphatic heterocycles. The lowest BCUT2D eigenvalue weighted by molar-refractivity contribution is -0.123. The van der Waals surface area contributed by atoms with Crippen LogP contribution in [0.3, 0.4) is 0 Å². The van der Waals surface area contributed by atoms with Gasteiger partial charge in [-0.3, -0.25) is 20.2 Å². The van der Waals surface area contributed by atoms with E-state index in [1.807, 2.05) is 24.3 Å². The molecular weight excluding hydrogens is 380 g/mol. The summed E-state index contributed by atoms with van der Waals surface area (Å²) in [5, 5.41) is 4.79. The van der Waals surface area contributed by atoms with Crippen molar-refractivity contribution in [3.05, 3.63) is 59.7 Å². The summed E-state index contributed by atoms with van der Waals surface area (Å²) in [4.78, 5) is 23.7. The van der Waals surface area contributed by atoms with Crippen LogP contribution in [0.1, 0.15) is 5.56 Å². The Balaban J connectivity index is 1.50. The highest BCUT2D eigenvalue weighted by molar-refractivity contribution is 7.80. The Hall–Kier alpha value is -3.39. The summed E-state index contributed by atoms with van der Waals surface area (Å²) in [5.74, 6) is 1.10. The van der Waals surface area contributed by atoms with E-state index in [2.05, 4.69) is 10.6 Å². The van der Waals surface area contributed by atoms with Gasteiger partial charge in [-0.15, -0.1) is 0 Å². The van der Waals surface area contributed by atoms with Crippen LogP contribution in [0.4, 0.5) is 0 Å². The molecule has 2 N–H and O–H groups in total. The van der Waals surface area contributed by atoms with E-state index < -0.39 is 11.8 Å². The smallest absolute Gasteiger partial charge is 0.263 e. The molecule has 2 aromatic rings. The van der Waals surface area contributed by atoms with Gasteiger partial charge in [0.1, 0.15) is 36.0 Å². The van der Waals surface area contributed by atoms with Crippen molar-refractivity contribution < 1.29 is 23.8 Å². The number of hydrogen-bond donors (Lipinski definition) is 2. The minimum absolute atomic E-state index is 0.00448. The molecule has 0 unspecified atom stereocenters. The first-order chi connectivity index (χ1) is 13.5. The predicted molar refractivity (Wildman–Crippen MR) is 107 cm³/mol. The van der Waals surface area contributed by atoms with Crippen LogP contribution in [0.25, 0.3) is 6.08 Å². The molecule has 0 aliphatic carbocycles. The van der Waals surface area contributed by atoms with E-state index in [0.29, 0.717) is 24.5 Å². The Bertz CT molecular complexity index is 885. The molecule has 1 fully saturated rings. The molecule has 1 heterocycles. The zero-order valence-electron chi connectivity index (χ0n) is 15.1. The lowest BCUT2D eigenvalue weighted by Crippen LogP contribution is -2.51. The van der Waals surface area contributed by atoms with Gasteiger partial charge < -0.3 is 14.2 Å². The van der Waals surface area contributed by atoms with Crippen molar-refractivity contribution >= 4 is 35.2 Å². The van der Waals surface area contributed by atoms with Gasteiger partial charge in [-0.1, -0.05) is 12.1 Å². The van der Waals surface area contributed by atoms with Gasteiger partial charge in [0.2, 0.25) is 0 Å². The molecule has 8 heteroatoms. The van der Waals surface area contributed by atoms with Crippen LogP contribution in [0.2, 0.25) is 0 Å². The number of carbonyl (C=O) groups excluding carboxylic acids is 2. The second kappa shape index (κ2) is 9.01. The van der Waals surface area contributed by atoms with Crippen molar-refractivity contribution in [2.45, 2.75) is 0 Å². The molecule has 0 bridgehead atoms. The fourth-order valence-electron chi connectivity index (χ4n) is 2.42. The fourth-order valence-corrected chi connectivity index (χ4v) is 2.61. The number of rotatable bonds is 7. The molecule has 0 atom stereocenters. The van der Waals surface area contributed by atoms with Gasteiger partial charge in [0.15, 0.2) is 5.11 Å². The maximum Gasteiger partial charge on any atom is 0.263 e. The highest BCUT2D eigenvalue weighted by atomic mass is 32.1. The lowest BCUT2D eigenvalue weighted by atomic mass is 10.1. The number of nitrogens with one attached hydrogen (secondary N) is 2. The number of thiocarbonyl (C=S) groups is 1. The maximum atomic E-state index is 11.8. The highest BCUT2D eigenvalue weighted by Gasteiger charge is 2.25. The summed E-state index contributed by atoms with van der Waals surface area (Å²) >= 11 is 4.76.